The van der Waals surface area contributed by atoms with Gasteiger partial charge in [0, 0.05) is 11.6 Å². The summed E-state index contributed by atoms with van der Waals surface area (Å²) in [7, 11) is 0. The van der Waals surface area contributed by atoms with Gasteiger partial charge in [-0.15, -0.1) is 0 Å². The van der Waals surface area contributed by atoms with E-state index < -0.39 is 0 Å². The van der Waals surface area contributed by atoms with Gasteiger partial charge in [-0.1, -0.05) is 0 Å². The van der Waals surface area contributed by atoms with Crippen LogP contribution in [0.5, 0.6) is 0 Å². The van der Waals surface area contributed by atoms with Crippen LogP contribution in [0.4, 0.5) is 0 Å². The number of hydrogen-bond donors (Lipinski definition) is 2. The highest BCUT2D eigenvalue weighted by Crippen LogP contribution is 2.00. The van der Waals surface area contributed by atoms with Gasteiger partial charge < -0.3 is 15.5 Å². The number of nitrogens with two attached hydrogens (primary N) is 1. The van der Waals surface area contributed by atoms with Crippen molar-refractivity contribution in [3.05, 3.63) is 24.2 Å². The Balaban J connectivity index is 2.39. The van der Waals surface area contributed by atoms with E-state index in [1.54, 1.807) is 12.5 Å². The lowest BCUT2D eigenvalue weighted by atomic mass is 10.3. The number of hydrogen-bond acceptors (Lipinski definition) is 2. The van der Waals surface area contributed by atoms with Crippen molar-refractivity contribution in [2.75, 3.05) is 0 Å². The van der Waals surface area contributed by atoms with E-state index >= 15 is 0 Å². The third-order valence-electron chi connectivity index (χ3n) is 1.45. The molecule has 0 aliphatic heterocycles. The molecule has 4 heteroatoms. The van der Waals surface area contributed by atoms with Gasteiger partial charge in [0.15, 0.2) is 5.96 Å². The highest BCUT2D eigenvalue weighted by Gasteiger charge is 1.95. The molecule has 0 radical (unpaired) electrons. The molecule has 3 N–H and O–H groups in total. The van der Waals surface area contributed by atoms with Gasteiger partial charge >= 0.3 is 0 Å². The summed E-state index contributed by atoms with van der Waals surface area (Å²) in [5, 5.41) is 3.00. The van der Waals surface area contributed by atoms with E-state index in [2.05, 4.69) is 10.3 Å². The van der Waals surface area contributed by atoms with Gasteiger partial charge in [0.05, 0.1) is 19.1 Å². The fourth-order valence-corrected chi connectivity index (χ4v) is 0.900. The summed E-state index contributed by atoms with van der Waals surface area (Å²) in [4.78, 5) is 4.13. The summed E-state index contributed by atoms with van der Waals surface area (Å²) >= 11 is 0. The van der Waals surface area contributed by atoms with Crippen LogP contribution in [0.2, 0.25) is 0 Å². The van der Waals surface area contributed by atoms with Crippen molar-refractivity contribution in [3.63, 3.8) is 0 Å². The molecule has 4 nitrogen and oxygen atoms in total. The Morgan fingerprint density at radius 2 is 2.46 bits per heavy atom. The monoisotopic (exact) mass is 181 g/mol. The number of guanidine groups is 1. The smallest absolute Gasteiger partial charge is 0.189 e. The molecule has 0 spiro atoms. The second-order valence-corrected chi connectivity index (χ2v) is 3.13. The lowest BCUT2D eigenvalue weighted by Gasteiger charge is -2.07. The molecule has 0 saturated carbocycles. The molecule has 0 aliphatic carbocycles. The van der Waals surface area contributed by atoms with E-state index in [1.165, 1.54) is 0 Å². The van der Waals surface area contributed by atoms with Crippen LogP contribution < -0.4 is 11.1 Å². The van der Waals surface area contributed by atoms with E-state index in [1.807, 2.05) is 19.9 Å². The summed E-state index contributed by atoms with van der Waals surface area (Å²) < 4.78 is 4.90. The molecule has 0 amide bonds. The molecule has 1 aromatic heterocycles. The minimum absolute atomic E-state index is 0.313. The predicted octanol–water partition coefficient (Wildman–Crippen LogP) is 1.09. The molecule has 0 aliphatic rings. The van der Waals surface area contributed by atoms with Crippen molar-refractivity contribution in [1.82, 2.24) is 5.32 Å². The molecule has 0 fully saturated rings. The largest absolute Gasteiger partial charge is 0.472 e. The topological polar surface area (TPSA) is 63.5 Å². The van der Waals surface area contributed by atoms with Crippen LogP contribution in [-0.4, -0.2) is 12.0 Å². The molecule has 1 rings (SSSR count). The van der Waals surface area contributed by atoms with E-state index in [4.69, 9.17) is 10.2 Å². The molecule has 0 aromatic carbocycles. The minimum Gasteiger partial charge on any atom is -0.472 e. The molecular formula is C9H15N3O. The Hall–Kier alpha value is -1.45. The first-order valence-electron chi connectivity index (χ1n) is 4.26. The van der Waals surface area contributed by atoms with E-state index in [0.717, 1.165) is 5.56 Å². The fraction of sp³-hybridized carbons (Fsp3) is 0.444. The summed E-state index contributed by atoms with van der Waals surface area (Å²) in [6, 6.07) is 2.18. The first-order chi connectivity index (χ1) is 6.18. The lowest BCUT2D eigenvalue weighted by Crippen LogP contribution is -2.36. The Labute approximate surface area is 77.8 Å². The molecule has 1 heterocycles. The van der Waals surface area contributed by atoms with Crippen molar-refractivity contribution in [3.8, 4) is 0 Å². The number of nitrogens with one attached hydrogen (secondary N) is 1. The summed E-state index contributed by atoms with van der Waals surface area (Å²) in [5.74, 6) is 0.469. The third-order valence-corrected chi connectivity index (χ3v) is 1.45. The highest BCUT2D eigenvalue weighted by atomic mass is 16.3. The minimum atomic E-state index is 0.313. The molecular weight excluding hydrogens is 166 g/mol. The van der Waals surface area contributed by atoms with Crippen LogP contribution in [0.25, 0.3) is 0 Å². The van der Waals surface area contributed by atoms with Gasteiger partial charge in [-0.05, 0) is 19.9 Å². The average molecular weight is 181 g/mol. The van der Waals surface area contributed by atoms with Crippen molar-refractivity contribution >= 4 is 5.96 Å². The number of aliphatic imine (C=N–C) groups is 1. The Kier molecular flexibility index (Phi) is 3.37. The molecule has 72 valence electrons. The van der Waals surface area contributed by atoms with Crippen LogP contribution in [0.3, 0.4) is 0 Å². The van der Waals surface area contributed by atoms with Crippen LogP contribution in [-0.2, 0) is 6.54 Å². The normalized spacial score (nSPS) is 12.1. The Morgan fingerprint density at radius 3 is 3.00 bits per heavy atom. The van der Waals surface area contributed by atoms with E-state index in [0.29, 0.717) is 18.5 Å². The molecule has 0 unspecified atom stereocenters. The van der Waals surface area contributed by atoms with E-state index in [9.17, 15) is 0 Å². The van der Waals surface area contributed by atoms with Crippen LogP contribution in [0.1, 0.15) is 19.4 Å². The Morgan fingerprint density at radius 1 is 1.69 bits per heavy atom. The third kappa shape index (κ3) is 3.64. The van der Waals surface area contributed by atoms with Crippen molar-refractivity contribution in [1.29, 1.82) is 0 Å². The number of nitrogens with zero attached hydrogens (tertiary/aromatic N) is 1. The Bertz CT molecular complexity index is 264. The van der Waals surface area contributed by atoms with Crippen molar-refractivity contribution in [2.24, 2.45) is 10.7 Å². The maximum atomic E-state index is 5.60. The van der Waals surface area contributed by atoms with Gasteiger partial charge in [0.1, 0.15) is 0 Å². The molecule has 1 aromatic rings. The first-order valence-corrected chi connectivity index (χ1v) is 4.26. The van der Waals surface area contributed by atoms with E-state index in [-0.39, 0.29) is 0 Å². The molecule has 0 saturated heterocycles. The fourth-order valence-electron chi connectivity index (χ4n) is 0.900. The second kappa shape index (κ2) is 4.54. The summed E-state index contributed by atoms with van der Waals surface area (Å²) in [5.41, 5.74) is 6.62. The second-order valence-electron chi connectivity index (χ2n) is 3.13. The molecule has 13 heavy (non-hydrogen) atoms. The zero-order chi connectivity index (χ0) is 9.68. The maximum absolute atomic E-state index is 5.60. The van der Waals surface area contributed by atoms with Gasteiger partial charge in [-0.2, -0.15) is 0 Å². The van der Waals surface area contributed by atoms with Gasteiger partial charge in [0.25, 0.3) is 0 Å². The number of rotatable bonds is 3. The zero-order valence-corrected chi connectivity index (χ0v) is 7.95. The van der Waals surface area contributed by atoms with Crippen molar-refractivity contribution < 1.29 is 4.42 Å². The SMILES string of the molecule is CC(C)NC(N)=NCc1ccoc1. The zero-order valence-electron chi connectivity index (χ0n) is 7.95. The highest BCUT2D eigenvalue weighted by molar-refractivity contribution is 5.78. The average Bonchev–Trinajstić information content (AvgIpc) is 2.51. The van der Waals surface area contributed by atoms with Gasteiger partial charge in [0.2, 0.25) is 0 Å². The van der Waals surface area contributed by atoms with Crippen LogP contribution in [0.15, 0.2) is 28.0 Å². The van der Waals surface area contributed by atoms with Gasteiger partial charge in [-0.25, -0.2) is 4.99 Å². The van der Waals surface area contributed by atoms with Gasteiger partial charge in [-0.3, -0.25) is 0 Å². The predicted molar refractivity (Wildman–Crippen MR) is 52.3 cm³/mol. The first kappa shape index (κ1) is 9.64. The summed E-state index contributed by atoms with van der Waals surface area (Å²) in [6.45, 7) is 4.59. The summed E-state index contributed by atoms with van der Waals surface area (Å²) in [6.07, 6.45) is 3.28. The quantitative estimate of drug-likeness (QED) is 0.542. The lowest BCUT2D eigenvalue weighted by molar-refractivity contribution is 0.564. The van der Waals surface area contributed by atoms with Crippen molar-refractivity contribution in [2.45, 2.75) is 26.4 Å². The standard InChI is InChI=1S/C9H15N3O/c1-7(2)12-9(10)11-5-8-3-4-13-6-8/h3-4,6-7H,5H2,1-2H3,(H3,10,11,12). The molecule has 0 bridgehead atoms. The maximum Gasteiger partial charge on any atom is 0.189 e. The number of furan rings is 1. The van der Waals surface area contributed by atoms with Crippen LogP contribution in [0, 0.1) is 0 Å². The van der Waals surface area contributed by atoms with Crippen LogP contribution >= 0.6 is 0 Å². The molecule has 0 atom stereocenters.